The van der Waals surface area contributed by atoms with Gasteiger partial charge in [-0.15, -0.1) is 17.5 Å². The normalized spacial score (nSPS) is 11.3. The van der Waals surface area contributed by atoms with Gasteiger partial charge >= 0.3 is 0 Å². The van der Waals surface area contributed by atoms with Crippen molar-refractivity contribution in [1.29, 1.82) is 0 Å². The van der Waals surface area contributed by atoms with Crippen LogP contribution in [0, 0.1) is 5.82 Å². The van der Waals surface area contributed by atoms with Crippen LogP contribution in [0.5, 0.6) is 11.5 Å². The molecule has 0 fully saturated rings. The highest BCUT2D eigenvalue weighted by Gasteiger charge is 2.26. The number of hydrogen-bond acceptors (Lipinski definition) is 11. The average Bonchev–Trinajstić information content (AvgIpc) is 3.59. The predicted molar refractivity (Wildman–Crippen MR) is 151 cm³/mol. The molecule has 0 saturated heterocycles. The molecule has 41 heavy (non-hydrogen) atoms. The van der Waals surface area contributed by atoms with Gasteiger partial charge in [0.25, 0.3) is 5.91 Å². The number of nitrogens with one attached hydrogen (secondary N) is 1. The first-order valence-corrected chi connectivity index (χ1v) is 12.5. The molecule has 0 saturated carbocycles. The Bertz CT molecular complexity index is 1500. The Labute approximate surface area is 241 Å². The van der Waals surface area contributed by atoms with E-state index in [0.717, 1.165) is 13.1 Å². The van der Waals surface area contributed by atoms with Crippen LogP contribution in [0.4, 0.5) is 10.2 Å². The molecule has 3 N–H and O–H groups in total. The molecule has 0 atom stereocenters. The molecule has 4 rings (SSSR count). The van der Waals surface area contributed by atoms with E-state index in [2.05, 4.69) is 40.7 Å². The second-order valence-electron chi connectivity index (χ2n) is 8.61. The first kappa shape index (κ1) is 31.0. The van der Waals surface area contributed by atoms with Crippen molar-refractivity contribution in [1.82, 2.24) is 35.6 Å². The topological polar surface area (TPSA) is 159 Å². The maximum atomic E-state index is 14.0. The summed E-state index contributed by atoms with van der Waals surface area (Å²) in [6.45, 7) is 7.63. The number of halogens is 2. The fourth-order valence-corrected chi connectivity index (χ4v) is 3.83. The van der Waals surface area contributed by atoms with Gasteiger partial charge in [0, 0.05) is 17.7 Å². The highest BCUT2D eigenvalue weighted by atomic mass is 35.5. The maximum absolute atomic E-state index is 14.0. The third-order valence-corrected chi connectivity index (χ3v) is 6.17. The summed E-state index contributed by atoms with van der Waals surface area (Å²) in [5, 5.41) is 19.8. The summed E-state index contributed by atoms with van der Waals surface area (Å²) in [4.78, 5) is 15.4. The Hall–Kier alpha value is -4.56. The molecule has 15 heteroatoms. The summed E-state index contributed by atoms with van der Waals surface area (Å²) in [5.74, 6) is -0.0761. The Balaban J connectivity index is 0.00000462. The van der Waals surface area contributed by atoms with Crippen molar-refractivity contribution in [3.63, 3.8) is 0 Å². The number of nitrogen functional groups attached to an aromatic ring is 1. The summed E-state index contributed by atoms with van der Waals surface area (Å²) < 4.78 is 31.0. The third-order valence-electron chi connectivity index (χ3n) is 6.17. The highest BCUT2D eigenvalue weighted by molar-refractivity contribution is 6.01. The van der Waals surface area contributed by atoms with Gasteiger partial charge in [-0.05, 0) is 54.6 Å². The Morgan fingerprint density at radius 1 is 1.17 bits per heavy atom. The fraction of sp³-hybridized carbons (Fsp3) is 0.308. The number of carbonyl (C=O) groups excluding carboxylic acids is 1. The summed E-state index contributed by atoms with van der Waals surface area (Å²) in [6, 6.07) is 11.5. The van der Waals surface area contributed by atoms with Crippen LogP contribution in [0.15, 0.2) is 52.2 Å². The maximum Gasteiger partial charge on any atom is 0.292 e. The van der Waals surface area contributed by atoms with Crippen molar-refractivity contribution >= 4 is 29.8 Å². The van der Waals surface area contributed by atoms with Gasteiger partial charge in [0.05, 0.1) is 12.8 Å². The largest absolute Gasteiger partial charge is 0.493 e. The molecule has 0 radical (unpaired) electrons. The van der Waals surface area contributed by atoms with Gasteiger partial charge in [-0.3, -0.25) is 9.69 Å². The minimum Gasteiger partial charge on any atom is -0.493 e. The van der Waals surface area contributed by atoms with E-state index in [9.17, 15) is 9.18 Å². The first-order valence-electron chi connectivity index (χ1n) is 12.5. The van der Waals surface area contributed by atoms with E-state index in [-0.39, 0.29) is 42.2 Å². The molecule has 0 aliphatic heterocycles. The number of hydrogen-bond donors (Lipinski definition) is 2. The summed E-state index contributed by atoms with van der Waals surface area (Å²) >= 11 is 0. The van der Waals surface area contributed by atoms with Gasteiger partial charge in [0.2, 0.25) is 11.6 Å². The number of ether oxygens (including phenoxy) is 2. The molecule has 13 nitrogen and oxygen atoms in total. The van der Waals surface area contributed by atoms with Crippen molar-refractivity contribution < 1.29 is 23.3 Å². The molecule has 0 aliphatic carbocycles. The Kier molecular flexibility index (Phi) is 10.7. The van der Waals surface area contributed by atoms with Crippen LogP contribution in [0.25, 0.3) is 5.82 Å². The lowest BCUT2D eigenvalue weighted by molar-refractivity contribution is 0.0944. The minimum atomic E-state index is -0.578. The number of carbonyl (C=O) groups is 1. The molecule has 0 unspecified atom stereocenters. The van der Waals surface area contributed by atoms with Crippen molar-refractivity contribution in [2.45, 2.75) is 33.9 Å². The average molecular weight is 588 g/mol. The molecule has 218 valence electrons. The number of rotatable bonds is 12. The van der Waals surface area contributed by atoms with E-state index < -0.39 is 5.91 Å². The predicted octanol–water partition coefficient (Wildman–Crippen LogP) is 3.38. The molecule has 2 aromatic carbocycles. The number of anilines is 1. The number of aromatic nitrogens is 5. The van der Waals surface area contributed by atoms with E-state index in [1.54, 1.807) is 43.3 Å². The van der Waals surface area contributed by atoms with E-state index in [1.807, 2.05) is 13.8 Å². The van der Waals surface area contributed by atoms with Crippen molar-refractivity contribution in [2.75, 3.05) is 25.9 Å². The molecule has 2 aromatic heterocycles. The zero-order valence-electron chi connectivity index (χ0n) is 23.0. The molecular formula is C26H31ClFN9O4. The van der Waals surface area contributed by atoms with Crippen LogP contribution in [0.1, 0.15) is 48.1 Å². The molecule has 0 spiro atoms. The lowest BCUT2D eigenvalue weighted by Crippen LogP contribution is -2.27. The number of nitrogens with zero attached hydrogens (tertiary/aromatic N) is 7. The SMILES string of the molecule is CCN(CC)Cc1nnn(-c2nonc2N)c1C(=O)N/N=C(\C)c1ccc(OCc2ccccc2F)c(OC)c1.Cl. The number of methoxy groups -OCH3 is 1. The zero-order valence-corrected chi connectivity index (χ0v) is 23.8. The van der Waals surface area contributed by atoms with Crippen molar-refractivity contribution in [2.24, 2.45) is 5.10 Å². The van der Waals surface area contributed by atoms with Gasteiger partial charge in [-0.25, -0.2) is 14.4 Å². The van der Waals surface area contributed by atoms with E-state index in [4.69, 9.17) is 15.2 Å². The van der Waals surface area contributed by atoms with Gasteiger partial charge in [0.15, 0.2) is 17.2 Å². The number of amides is 1. The smallest absolute Gasteiger partial charge is 0.292 e. The number of benzene rings is 2. The van der Waals surface area contributed by atoms with Crippen molar-refractivity contribution in [3.8, 4) is 17.3 Å². The lowest BCUT2D eigenvalue weighted by atomic mass is 10.1. The van der Waals surface area contributed by atoms with Gasteiger partial charge in [-0.1, -0.05) is 37.3 Å². The van der Waals surface area contributed by atoms with Gasteiger partial charge in [-0.2, -0.15) is 9.78 Å². The molecule has 4 aromatic rings. The second-order valence-corrected chi connectivity index (χ2v) is 8.61. The standard InChI is InChI=1S/C26H30FN9O4.ClH/c1-5-35(6-2)14-20-23(36(34-30-20)25-24(28)32-40-33-25)26(37)31-29-16(3)17-11-12-21(22(13-17)38-4)39-15-18-9-7-8-10-19(18)27;/h7-13H,5-6,14-15H2,1-4H3,(H2,28,32)(H,31,37);1H/b29-16+;. The molecule has 0 aliphatic rings. The molecule has 2 heterocycles. The highest BCUT2D eigenvalue weighted by Crippen LogP contribution is 2.29. The van der Waals surface area contributed by atoms with E-state index >= 15 is 0 Å². The Morgan fingerprint density at radius 2 is 1.93 bits per heavy atom. The summed E-state index contributed by atoms with van der Waals surface area (Å²) in [7, 11) is 1.50. The Morgan fingerprint density at radius 3 is 2.59 bits per heavy atom. The number of nitrogens with two attached hydrogens (primary N) is 1. The summed E-state index contributed by atoms with van der Waals surface area (Å²) in [6.07, 6.45) is 0. The van der Waals surface area contributed by atoms with E-state index in [0.29, 0.717) is 40.6 Å². The zero-order chi connectivity index (χ0) is 28.6. The second kappa shape index (κ2) is 14.2. The van der Waals surface area contributed by atoms with Crippen LogP contribution in [-0.2, 0) is 13.2 Å². The van der Waals surface area contributed by atoms with Crippen LogP contribution < -0.4 is 20.6 Å². The minimum absolute atomic E-state index is 0. The van der Waals surface area contributed by atoms with Crippen LogP contribution in [0.2, 0.25) is 0 Å². The van der Waals surface area contributed by atoms with Crippen LogP contribution in [-0.4, -0.2) is 62.0 Å². The van der Waals surface area contributed by atoms with Gasteiger partial charge < -0.3 is 15.2 Å². The van der Waals surface area contributed by atoms with Gasteiger partial charge in [0.1, 0.15) is 18.1 Å². The molecular weight excluding hydrogens is 557 g/mol. The van der Waals surface area contributed by atoms with Crippen LogP contribution >= 0.6 is 12.4 Å². The first-order chi connectivity index (χ1) is 19.4. The number of hydrazone groups is 1. The third kappa shape index (κ3) is 7.15. The quantitative estimate of drug-likeness (QED) is 0.186. The summed E-state index contributed by atoms with van der Waals surface area (Å²) in [5.41, 5.74) is 10.5. The monoisotopic (exact) mass is 587 g/mol. The van der Waals surface area contributed by atoms with Crippen LogP contribution in [0.3, 0.4) is 0 Å². The molecule has 1 amide bonds. The van der Waals surface area contributed by atoms with E-state index in [1.165, 1.54) is 17.9 Å². The lowest BCUT2D eigenvalue weighted by Gasteiger charge is -2.16. The fourth-order valence-electron chi connectivity index (χ4n) is 3.83. The van der Waals surface area contributed by atoms with Crippen molar-refractivity contribution in [3.05, 3.63) is 70.8 Å². The molecule has 0 bridgehead atoms.